The van der Waals surface area contributed by atoms with Crippen LogP contribution in [0.3, 0.4) is 0 Å². The minimum absolute atomic E-state index is 0.162. The predicted molar refractivity (Wildman–Crippen MR) is 123 cm³/mol. The number of carbonyl (C=O) groups excluding carboxylic acids is 3. The lowest BCUT2D eigenvalue weighted by atomic mass is 9.86. The Bertz CT molecular complexity index is 1300. The van der Waals surface area contributed by atoms with Gasteiger partial charge in [0.05, 0.1) is 42.7 Å². The van der Waals surface area contributed by atoms with Gasteiger partial charge in [0.25, 0.3) is 5.69 Å². The Kier molecular flexibility index (Phi) is 5.31. The number of carbonyl (C=O) groups is 3. The second-order valence-corrected chi connectivity index (χ2v) is 8.24. The number of anilines is 1. The highest BCUT2D eigenvalue weighted by Gasteiger charge is 2.64. The van der Waals surface area contributed by atoms with Crippen LogP contribution in [-0.2, 0) is 9.59 Å². The quantitative estimate of drug-likeness (QED) is 0.268. The summed E-state index contributed by atoms with van der Waals surface area (Å²) in [5.41, 5.74) is 0.336. The Morgan fingerprint density at radius 1 is 1.00 bits per heavy atom. The smallest absolute Gasteiger partial charge is 0.269 e. The highest BCUT2D eigenvalue weighted by molar-refractivity contribution is 6.24. The average Bonchev–Trinajstić information content (AvgIpc) is 3.35. The van der Waals surface area contributed by atoms with Crippen molar-refractivity contribution in [1.82, 2.24) is 5.01 Å². The second-order valence-electron chi connectivity index (χ2n) is 8.24. The van der Waals surface area contributed by atoms with Gasteiger partial charge in [-0.3, -0.25) is 29.5 Å². The number of nitro groups is 1. The van der Waals surface area contributed by atoms with Gasteiger partial charge in [0, 0.05) is 23.9 Å². The summed E-state index contributed by atoms with van der Waals surface area (Å²) in [6, 6.07) is 8.26. The summed E-state index contributed by atoms with van der Waals surface area (Å²) in [6.45, 7) is 0. The molecule has 2 saturated heterocycles. The maximum Gasteiger partial charge on any atom is 0.269 e. The summed E-state index contributed by atoms with van der Waals surface area (Å²) in [5.74, 6) is -2.43. The number of fused-ring (bicyclic) bond motifs is 3. The molecule has 4 atom stereocenters. The lowest BCUT2D eigenvalue weighted by molar-refractivity contribution is -0.384. The lowest BCUT2D eigenvalue weighted by Gasteiger charge is -2.30. The van der Waals surface area contributed by atoms with Crippen LogP contribution in [0, 0.1) is 22.0 Å². The maximum atomic E-state index is 13.7. The van der Waals surface area contributed by atoms with Crippen molar-refractivity contribution in [1.29, 1.82) is 0 Å². The number of rotatable bonds is 6. The largest absolute Gasteiger partial charge is 0.493 e. The number of amides is 2. The zero-order chi connectivity index (χ0) is 24.9. The van der Waals surface area contributed by atoms with Gasteiger partial charge in [0.1, 0.15) is 6.04 Å². The molecule has 5 rings (SSSR count). The fourth-order valence-electron chi connectivity index (χ4n) is 4.98. The third-order valence-corrected chi connectivity index (χ3v) is 6.55. The molecule has 178 valence electrons. The molecule has 2 aromatic rings. The molecule has 3 aliphatic heterocycles. The van der Waals surface area contributed by atoms with Gasteiger partial charge >= 0.3 is 0 Å². The van der Waals surface area contributed by atoms with Crippen LogP contribution in [0.25, 0.3) is 0 Å². The number of benzene rings is 2. The van der Waals surface area contributed by atoms with E-state index >= 15 is 0 Å². The number of nitro benzene ring substituents is 1. The Hall–Kier alpha value is -4.54. The number of non-ortho nitro benzene ring substituents is 1. The molecule has 3 heterocycles. The molecule has 2 aromatic carbocycles. The van der Waals surface area contributed by atoms with Crippen molar-refractivity contribution in [2.75, 3.05) is 19.1 Å². The van der Waals surface area contributed by atoms with E-state index in [9.17, 15) is 24.5 Å². The van der Waals surface area contributed by atoms with E-state index in [1.165, 1.54) is 55.8 Å². The summed E-state index contributed by atoms with van der Waals surface area (Å²) in [6.07, 6.45) is 4.93. The Labute approximate surface area is 199 Å². The SMILES string of the molecule is COc1ccc(C(=O)[C@@H]2[C@@H]3C(=O)N(c4ccc([N+](=O)[O-])cc4)C(=O)[C@H]3[C@H]3C=CC=NN32)cc1OC. The number of imide groups is 1. The van der Waals surface area contributed by atoms with Gasteiger partial charge in [0.15, 0.2) is 17.3 Å². The standard InChI is InChI=1S/C24H20N4O7/c1-34-17-10-5-13(12-18(17)35-2)22(29)21-20-19(16-4-3-11-25-27(16)21)23(30)26(24(20)31)14-6-8-15(9-7-14)28(32)33/h3-12,16,19-21H,1-2H3/t16-,19+,20-,21+/m1/s1. The van der Waals surface area contributed by atoms with Gasteiger partial charge in [-0.25, -0.2) is 4.90 Å². The molecule has 0 spiro atoms. The number of ketones is 1. The first-order valence-electron chi connectivity index (χ1n) is 10.7. The highest BCUT2D eigenvalue weighted by Crippen LogP contribution is 2.46. The fraction of sp³-hybridized carbons (Fsp3) is 0.250. The van der Waals surface area contributed by atoms with E-state index in [0.717, 1.165) is 4.90 Å². The molecule has 0 aliphatic carbocycles. The van der Waals surface area contributed by atoms with Crippen LogP contribution in [0.4, 0.5) is 11.4 Å². The molecular weight excluding hydrogens is 456 g/mol. The molecule has 0 N–H and O–H groups in total. The van der Waals surface area contributed by atoms with Crippen molar-refractivity contribution in [3.05, 3.63) is 70.3 Å². The monoisotopic (exact) mass is 476 g/mol. The van der Waals surface area contributed by atoms with E-state index < -0.39 is 40.7 Å². The first-order valence-corrected chi connectivity index (χ1v) is 10.7. The number of methoxy groups -OCH3 is 2. The van der Waals surface area contributed by atoms with Gasteiger partial charge in [-0.15, -0.1) is 0 Å². The average molecular weight is 476 g/mol. The molecule has 11 nitrogen and oxygen atoms in total. The van der Waals surface area contributed by atoms with Gasteiger partial charge in [0.2, 0.25) is 11.8 Å². The van der Waals surface area contributed by atoms with E-state index in [1.54, 1.807) is 24.3 Å². The van der Waals surface area contributed by atoms with E-state index in [-0.39, 0.29) is 22.7 Å². The summed E-state index contributed by atoms with van der Waals surface area (Å²) < 4.78 is 10.6. The number of allylic oxidation sites excluding steroid dienone is 1. The van der Waals surface area contributed by atoms with Crippen molar-refractivity contribution in [3.8, 4) is 11.5 Å². The maximum absolute atomic E-state index is 13.7. The van der Waals surface area contributed by atoms with Crippen molar-refractivity contribution in [2.45, 2.75) is 12.1 Å². The molecule has 0 unspecified atom stereocenters. The number of hydrogen-bond acceptors (Lipinski definition) is 9. The normalized spacial score (nSPS) is 24.4. The molecule has 35 heavy (non-hydrogen) atoms. The second kappa shape index (κ2) is 8.35. The number of nitrogens with zero attached hydrogens (tertiary/aromatic N) is 4. The fourth-order valence-corrected chi connectivity index (χ4v) is 4.98. The van der Waals surface area contributed by atoms with Crippen LogP contribution >= 0.6 is 0 Å². The molecule has 2 amide bonds. The van der Waals surface area contributed by atoms with Crippen molar-refractivity contribution in [2.24, 2.45) is 16.9 Å². The van der Waals surface area contributed by atoms with Crippen molar-refractivity contribution >= 4 is 35.2 Å². The summed E-state index contributed by atoms with van der Waals surface area (Å²) >= 11 is 0. The first-order chi connectivity index (χ1) is 16.9. The summed E-state index contributed by atoms with van der Waals surface area (Å²) in [4.78, 5) is 52.3. The molecule has 11 heteroatoms. The van der Waals surface area contributed by atoms with Crippen LogP contribution in [0.1, 0.15) is 10.4 Å². The molecule has 0 aromatic heterocycles. The number of hydrogen-bond donors (Lipinski definition) is 0. The molecule has 0 radical (unpaired) electrons. The zero-order valence-corrected chi connectivity index (χ0v) is 18.7. The minimum Gasteiger partial charge on any atom is -0.493 e. The van der Waals surface area contributed by atoms with Crippen molar-refractivity contribution in [3.63, 3.8) is 0 Å². The van der Waals surface area contributed by atoms with E-state index in [1.807, 2.05) is 0 Å². The molecular formula is C24H20N4O7. The number of Topliss-reactive ketones (excluding diaryl/α,β-unsaturated/α-hetero) is 1. The van der Waals surface area contributed by atoms with Crippen LogP contribution < -0.4 is 14.4 Å². The third kappa shape index (κ3) is 3.35. The van der Waals surface area contributed by atoms with Crippen molar-refractivity contribution < 1.29 is 28.8 Å². The lowest BCUT2D eigenvalue weighted by Crippen LogP contribution is -2.46. The molecule has 3 aliphatic rings. The molecule has 2 fully saturated rings. The van der Waals surface area contributed by atoms with Gasteiger partial charge in [-0.05, 0) is 36.4 Å². The van der Waals surface area contributed by atoms with Gasteiger partial charge in [-0.1, -0.05) is 6.08 Å². The first kappa shape index (κ1) is 22.3. The molecule has 0 saturated carbocycles. The summed E-state index contributed by atoms with van der Waals surface area (Å²) in [5, 5.41) is 16.8. The Balaban J connectivity index is 1.54. The highest BCUT2D eigenvalue weighted by atomic mass is 16.6. The summed E-state index contributed by atoms with van der Waals surface area (Å²) in [7, 11) is 2.94. The third-order valence-electron chi connectivity index (χ3n) is 6.55. The van der Waals surface area contributed by atoms with E-state index in [4.69, 9.17) is 9.47 Å². The van der Waals surface area contributed by atoms with Crippen LogP contribution in [0.5, 0.6) is 11.5 Å². The van der Waals surface area contributed by atoms with Crippen LogP contribution in [-0.4, -0.2) is 60.0 Å². The van der Waals surface area contributed by atoms with Gasteiger partial charge < -0.3 is 9.47 Å². The van der Waals surface area contributed by atoms with Gasteiger partial charge in [-0.2, -0.15) is 5.10 Å². The van der Waals surface area contributed by atoms with E-state index in [0.29, 0.717) is 11.5 Å². The Morgan fingerprint density at radius 3 is 2.34 bits per heavy atom. The minimum atomic E-state index is -1.02. The molecule has 0 bridgehead atoms. The van der Waals surface area contributed by atoms with E-state index in [2.05, 4.69) is 5.10 Å². The number of hydrazone groups is 1. The number of ether oxygens (including phenoxy) is 2. The zero-order valence-electron chi connectivity index (χ0n) is 18.7. The Morgan fingerprint density at radius 2 is 1.69 bits per heavy atom. The predicted octanol–water partition coefficient (Wildman–Crippen LogP) is 2.21. The topological polar surface area (TPSA) is 132 Å². The van der Waals surface area contributed by atoms with Crippen LogP contribution in [0.15, 0.2) is 59.7 Å². The van der Waals surface area contributed by atoms with Crippen LogP contribution in [0.2, 0.25) is 0 Å².